The van der Waals surface area contributed by atoms with Crippen molar-refractivity contribution in [2.45, 2.75) is 26.5 Å². The lowest BCUT2D eigenvalue weighted by atomic mass is 10.2. The van der Waals surface area contributed by atoms with Crippen molar-refractivity contribution in [1.29, 1.82) is 0 Å². The van der Waals surface area contributed by atoms with Gasteiger partial charge in [0.25, 0.3) is 0 Å². The summed E-state index contributed by atoms with van der Waals surface area (Å²) in [6.07, 6.45) is -1.45. The molecule has 0 aromatic heterocycles. The fourth-order valence-electron chi connectivity index (χ4n) is 1.46. The number of rotatable bonds is 5. The van der Waals surface area contributed by atoms with Crippen LogP contribution in [0.1, 0.15) is 19.4 Å². The molecule has 1 amide bonds. The lowest BCUT2D eigenvalue weighted by Gasteiger charge is -2.19. The van der Waals surface area contributed by atoms with E-state index >= 15 is 0 Å². The van der Waals surface area contributed by atoms with Crippen molar-refractivity contribution in [1.82, 2.24) is 9.03 Å². The molecule has 0 spiro atoms. The van der Waals surface area contributed by atoms with Crippen molar-refractivity contribution in [3.05, 3.63) is 28.8 Å². The second kappa shape index (κ2) is 6.97. The third kappa shape index (κ3) is 5.41. The molecule has 0 aliphatic heterocycles. The van der Waals surface area contributed by atoms with E-state index in [-0.39, 0.29) is 6.54 Å². The zero-order valence-corrected chi connectivity index (χ0v) is 13.5. The molecule has 0 aliphatic carbocycles. The average molecular weight is 336 g/mol. The van der Waals surface area contributed by atoms with Crippen LogP contribution in [-0.4, -0.2) is 32.0 Å². The van der Waals surface area contributed by atoms with E-state index in [1.165, 1.54) is 7.05 Å². The van der Waals surface area contributed by atoms with Crippen molar-refractivity contribution in [3.63, 3.8) is 0 Å². The van der Waals surface area contributed by atoms with Crippen LogP contribution in [0.5, 0.6) is 0 Å². The highest BCUT2D eigenvalue weighted by Gasteiger charge is 2.22. The first-order chi connectivity index (χ1) is 9.61. The third-order valence-corrected chi connectivity index (χ3v) is 4.17. The van der Waals surface area contributed by atoms with E-state index in [1.54, 1.807) is 36.8 Å². The molecule has 0 saturated carbocycles. The van der Waals surface area contributed by atoms with Crippen LogP contribution in [0.15, 0.2) is 18.2 Å². The number of carbonyl (C=O) groups excluding carboxylic acids is 1. The molecule has 0 radical (unpaired) electrons. The van der Waals surface area contributed by atoms with Gasteiger partial charge in [-0.15, -0.1) is 0 Å². The molecular formula is C12H18ClN3O4S. The smallest absolute Gasteiger partial charge is 0.422 e. The van der Waals surface area contributed by atoms with Crippen LogP contribution in [0, 0.1) is 0 Å². The van der Waals surface area contributed by atoms with Crippen LogP contribution in [-0.2, 0) is 21.5 Å². The van der Waals surface area contributed by atoms with Gasteiger partial charge in [0.2, 0.25) is 0 Å². The summed E-state index contributed by atoms with van der Waals surface area (Å²) in [6.45, 7) is 3.19. The molecule has 0 saturated heterocycles. The number of nitrogen functional groups attached to an aromatic ring is 1. The van der Waals surface area contributed by atoms with Gasteiger partial charge in [0.15, 0.2) is 0 Å². The van der Waals surface area contributed by atoms with Crippen molar-refractivity contribution in [2.24, 2.45) is 0 Å². The minimum absolute atomic E-state index is 0.0336. The fraction of sp³-hybridized carbons (Fsp3) is 0.417. The van der Waals surface area contributed by atoms with E-state index in [4.69, 9.17) is 22.1 Å². The van der Waals surface area contributed by atoms with E-state index in [1.807, 2.05) is 0 Å². The van der Waals surface area contributed by atoms with Gasteiger partial charge in [-0.3, -0.25) is 0 Å². The van der Waals surface area contributed by atoms with Crippen LogP contribution in [0.3, 0.4) is 0 Å². The van der Waals surface area contributed by atoms with Crippen molar-refractivity contribution in [3.8, 4) is 0 Å². The monoisotopic (exact) mass is 335 g/mol. The van der Waals surface area contributed by atoms with Gasteiger partial charge in [-0.05, 0) is 37.6 Å². The summed E-state index contributed by atoms with van der Waals surface area (Å²) in [5.41, 5.74) is 6.63. The van der Waals surface area contributed by atoms with Crippen molar-refractivity contribution < 1.29 is 17.9 Å². The van der Waals surface area contributed by atoms with E-state index in [0.717, 1.165) is 4.31 Å². The predicted molar refractivity (Wildman–Crippen MR) is 81.0 cm³/mol. The number of amides is 1. The normalized spacial score (nSPS) is 11.7. The summed E-state index contributed by atoms with van der Waals surface area (Å²) in [5.74, 6) is 0. The number of nitrogens with two attached hydrogens (primary N) is 1. The first-order valence-corrected chi connectivity index (χ1v) is 7.92. The molecule has 0 bridgehead atoms. The van der Waals surface area contributed by atoms with Gasteiger partial charge in [0, 0.05) is 24.3 Å². The number of hydrogen-bond acceptors (Lipinski definition) is 5. The van der Waals surface area contributed by atoms with Gasteiger partial charge < -0.3 is 10.5 Å². The number of benzene rings is 1. The molecule has 9 heteroatoms. The predicted octanol–water partition coefficient (Wildman–Crippen LogP) is 1.73. The quantitative estimate of drug-likeness (QED) is 0.798. The molecule has 7 nitrogen and oxygen atoms in total. The van der Waals surface area contributed by atoms with Gasteiger partial charge in [-0.25, -0.2) is 9.52 Å². The molecule has 1 aromatic carbocycles. The van der Waals surface area contributed by atoms with Crippen molar-refractivity contribution >= 4 is 33.6 Å². The summed E-state index contributed by atoms with van der Waals surface area (Å²) in [4.78, 5) is 11.4. The number of nitrogens with zero attached hydrogens (tertiary/aromatic N) is 1. The number of hydrogen-bond donors (Lipinski definition) is 2. The molecule has 0 unspecified atom stereocenters. The Bertz CT molecular complexity index is 619. The number of ether oxygens (including phenoxy) is 1. The Morgan fingerprint density at radius 3 is 2.67 bits per heavy atom. The van der Waals surface area contributed by atoms with Gasteiger partial charge in [0.1, 0.15) is 0 Å². The minimum Gasteiger partial charge on any atom is -0.446 e. The first-order valence-electron chi connectivity index (χ1n) is 6.10. The third-order valence-electron chi connectivity index (χ3n) is 2.43. The van der Waals surface area contributed by atoms with Gasteiger partial charge in [-0.1, -0.05) is 11.6 Å². The summed E-state index contributed by atoms with van der Waals surface area (Å²) >= 11 is 5.98. The Labute approximate surface area is 129 Å². The van der Waals surface area contributed by atoms with Crippen LogP contribution in [0.2, 0.25) is 5.02 Å². The Hall–Kier alpha value is -1.51. The van der Waals surface area contributed by atoms with E-state index in [9.17, 15) is 13.2 Å². The molecule has 1 rings (SSSR count). The fourth-order valence-corrected chi connectivity index (χ4v) is 2.36. The molecule has 0 aliphatic rings. The topological polar surface area (TPSA) is 102 Å². The molecule has 118 valence electrons. The Balaban J connectivity index is 2.80. The first kappa shape index (κ1) is 17.5. The van der Waals surface area contributed by atoms with Crippen LogP contribution < -0.4 is 10.5 Å². The molecule has 0 fully saturated rings. The summed E-state index contributed by atoms with van der Waals surface area (Å²) in [5, 5.41) is 0.385. The summed E-state index contributed by atoms with van der Waals surface area (Å²) in [7, 11) is -2.71. The second-order valence-corrected chi connectivity index (χ2v) is 6.85. The highest BCUT2D eigenvalue weighted by Crippen LogP contribution is 2.20. The van der Waals surface area contributed by atoms with E-state index in [0.29, 0.717) is 16.3 Å². The minimum atomic E-state index is -4.02. The number of nitrogens with one attached hydrogen (secondary N) is 1. The highest BCUT2D eigenvalue weighted by atomic mass is 35.5. The lowest BCUT2D eigenvalue weighted by molar-refractivity contribution is 0.121. The van der Waals surface area contributed by atoms with Crippen molar-refractivity contribution in [2.75, 3.05) is 12.8 Å². The lowest BCUT2D eigenvalue weighted by Crippen LogP contribution is -2.42. The maximum Gasteiger partial charge on any atom is 0.422 e. The SMILES string of the molecule is CC(C)OC(=O)NS(=O)(=O)N(C)Cc1cc(N)ccc1Cl. The van der Waals surface area contributed by atoms with Crippen LogP contribution >= 0.6 is 11.6 Å². The van der Waals surface area contributed by atoms with E-state index in [2.05, 4.69) is 0 Å². The molecule has 21 heavy (non-hydrogen) atoms. The van der Waals surface area contributed by atoms with Crippen LogP contribution in [0.25, 0.3) is 0 Å². The summed E-state index contributed by atoms with van der Waals surface area (Å²) < 4.78 is 31.4. The van der Waals surface area contributed by atoms with Gasteiger partial charge in [-0.2, -0.15) is 12.7 Å². The zero-order chi connectivity index (χ0) is 16.2. The molecule has 1 aromatic rings. The van der Waals surface area contributed by atoms with Gasteiger partial charge in [0.05, 0.1) is 6.10 Å². The maximum atomic E-state index is 12.0. The maximum absolute atomic E-state index is 12.0. The number of carbonyl (C=O) groups is 1. The molecule has 0 heterocycles. The van der Waals surface area contributed by atoms with Crippen LogP contribution in [0.4, 0.5) is 10.5 Å². The molecular weight excluding hydrogens is 318 g/mol. The Morgan fingerprint density at radius 1 is 1.48 bits per heavy atom. The standard InChI is InChI=1S/C12H18ClN3O4S/c1-8(2)20-12(17)15-21(18,19)16(3)7-9-6-10(14)4-5-11(9)13/h4-6,8H,7,14H2,1-3H3,(H,15,17). The van der Waals surface area contributed by atoms with Gasteiger partial charge >= 0.3 is 16.3 Å². The Morgan fingerprint density at radius 2 is 2.10 bits per heavy atom. The number of anilines is 1. The zero-order valence-electron chi connectivity index (χ0n) is 12.0. The van der Waals surface area contributed by atoms with E-state index < -0.39 is 22.4 Å². The average Bonchev–Trinajstić information content (AvgIpc) is 2.31. The second-order valence-electron chi connectivity index (χ2n) is 4.67. The Kier molecular flexibility index (Phi) is 5.82. The summed E-state index contributed by atoms with van der Waals surface area (Å²) in [6, 6.07) is 4.76. The highest BCUT2D eigenvalue weighted by molar-refractivity contribution is 7.87. The molecule has 3 N–H and O–H groups in total. The number of halogens is 1. The largest absolute Gasteiger partial charge is 0.446 e. The molecule has 0 atom stereocenters.